The van der Waals surface area contributed by atoms with Gasteiger partial charge < -0.3 is 19.1 Å². The molecular weight excluding hydrogens is 534 g/mol. The molecule has 1 saturated heterocycles. The predicted molar refractivity (Wildman–Crippen MR) is 173 cm³/mol. The van der Waals surface area contributed by atoms with Gasteiger partial charge in [-0.15, -0.1) is 0 Å². The lowest BCUT2D eigenvalue weighted by Crippen LogP contribution is -2.41. The summed E-state index contributed by atoms with van der Waals surface area (Å²) in [7, 11) is 0. The molecule has 5 nitrogen and oxygen atoms in total. The fraction of sp³-hybridized carbons (Fsp3) is 0.500. The van der Waals surface area contributed by atoms with Gasteiger partial charge in [-0.2, -0.15) is 0 Å². The van der Waals surface area contributed by atoms with Crippen molar-refractivity contribution in [1.82, 2.24) is 4.90 Å². The first-order chi connectivity index (χ1) is 20.8. The molecule has 0 aromatic heterocycles. The first kappa shape index (κ1) is 31.0. The van der Waals surface area contributed by atoms with Gasteiger partial charge in [0.05, 0.1) is 13.2 Å². The Morgan fingerprint density at radius 2 is 1.53 bits per heavy atom. The monoisotopic (exact) mass is 583 g/mol. The molecule has 3 aromatic rings. The second-order valence-electron chi connectivity index (χ2n) is 13.2. The number of hydrogen-bond acceptors (Lipinski definition) is 4. The van der Waals surface area contributed by atoms with E-state index in [-0.39, 0.29) is 6.09 Å². The van der Waals surface area contributed by atoms with Crippen LogP contribution in [0.25, 0.3) is 0 Å². The molecule has 43 heavy (non-hydrogen) atoms. The number of amides is 1. The van der Waals surface area contributed by atoms with Crippen molar-refractivity contribution in [3.63, 3.8) is 0 Å². The molecule has 0 N–H and O–H groups in total. The van der Waals surface area contributed by atoms with Gasteiger partial charge >= 0.3 is 6.09 Å². The normalized spacial score (nSPS) is 19.0. The number of piperidine rings is 1. The van der Waals surface area contributed by atoms with Crippen molar-refractivity contribution >= 4 is 6.09 Å². The first-order valence-electron chi connectivity index (χ1n) is 16.3. The second-order valence-corrected chi connectivity index (χ2v) is 13.2. The number of likely N-dealkylation sites (tertiary alicyclic amines) is 1. The van der Waals surface area contributed by atoms with E-state index in [2.05, 4.69) is 79.7 Å². The summed E-state index contributed by atoms with van der Waals surface area (Å²) in [5.41, 5.74) is 5.10. The van der Waals surface area contributed by atoms with Crippen LogP contribution in [0.1, 0.15) is 100 Å². The van der Waals surface area contributed by atoms with Crippen LogP contribution in [-0.4, -0.2) is 42.9 Å². The molecule has 2 atom stereocenters. The summed E-state index contributed by atoms with van der Waals surface area (Å²) in [4.78, 5) is 14.2. The third-order valence-corrected chi connectivity index (χ3v) is 8.87. The van der Waals surface area contributed by atoms with Gasteiger partial charge in [0.2, 0.25) is 0 Å². The van der Waals surface area contributed by atoms with E-state index in [4.69, 9.17) is 14.2 Å². The van der Waals surface area contributed by atoms with Crippen molar-refractivity contribution in [2.75, 3.05) is 26.3 Å². The van der Waals surface area contributed by atoms with Crippen LogP contribution in [0, 0.1) is 5.92 Å². The fourth-order valence-corrected chi connectivity index (χ4v) is 6.54. The molecule has 1 fully saturated rings. The van der Waals surface area contributed by atoms with E-state index >= 15 is 0 Å². The number of ether oxygens (including phenoxy) is 3. The SMILES string of the molecule is CCCCOc1ccc2c(c1)CC[C@H](c1ccccc1)[C@@H]2c1ccc(OCCC2CCN(C(=O)OC(C)(C)C)CC2)cc1. The molecule has 5 rings (SSSR count). The van der Waals surface area contributed by atoms with Gasteiger partial charge in [0.1, 0.15) is 17.1 Å². The van der Waals surface area contributed by atoms with Crippen LogP contribution in [-0.2, 0) is 11.2 Å². The lowest BCUT2D eigenvalue weighted by atomic mass is 9.69. The summed E-state index contributed by atoms with van der Waals surface area (Å²) in [5, 5.41) is 0. The highest BCUT2D eigenvalue weighted by Crippen LogP contribution is 2.47. The minimum absolute atomic E-state index is 0.196. The average molecular weight is 584 g/mol. The fourth-order valence-electron chi connectivity index (χ4n) is 6.54. The molecule has 2 aliphatic rings. The van der Waals surface area contributed by atoms with Crippen molar-refractivity contribution in [3.05, 3.63) is 95.1 Å². The average Bonchev–Trinajstić information content (AvgIpc) is 3.01. The zero-order valence-corrected chi connectivity index (χ0v) is 26.5. The van der Waals surface area contributed by atoms with Gasteiger partial charge in [-0.05, 0) is 118 Å². The van der Waals surface area contributed by atoms with Crippen molar-refractivity contribution in [2.24, 2.45) is 5.92 Å². The molecule has 5 heteroatoms. The van der Waals surface area contributed by atoms with Crippen LogP contribution in [0.15, 0.2) is 72.8 Å². The number of carbonyl (C=O) groups is 1. The zero-order valence-electron chi connectivity index (χ0n) is 26.5. The van der Waals surface area contributed by atoms with Crippen molar-refractivity contribution in [1.29, 1.82) is 0 Å². The van der Waals surface area contributed by atoms with E-state index in [9.17, 15) is 4.79 Å². The van der Waals surface area contributed by atoms with E-state index < -0.39 is 5.60 Å². The van der Waals surface area contributed by atoms with Crippen molar-refractivity contribution in [3.8, 4) is 11.5 Å². The smallest absolute Gasteiger partial charge is 0.410 e. The van der Waals surface area contributed by atoms with E-state index in [0.29, 0.717) is 24.4 Å². The van der Waals surface area contributed by atoms with Gasteiger partial charge in [0, 0.05) is 19.0 Å². The number of fused-ring (bicyclic) bond motifs is 1. The zero-order chi connectivity index (χ0) is 30.2. The van der Waals surface area contributed by atoms with Crippen LogP contribution in [0.3, 0.4) is 0 Å². The lowest BCUT2D eigenvalue weighted by molar-refractivity contribution is 0.0177. The highest BCUT2D eigenvalue weighted by atomic mass is 16.6. The number of nitrogens with zero attached hydrogens (tertiary/aromatic N) is 1. The molecule has 0 bridgehead atoms. The van der Waals surface area contributed by atoms with Crippen LogP contribution in [0.4, 0.5) is 4.79 Å². The summed E-state index contributed by atoms with van der Waals surface area (Å²) in [5.74, 6) is 3.20. The number of hydrogen-bond donors (Lipinski definition) is 0. The van der Waals surface area contributed by atoms with Crippen LogP contribution >= 0.6 is 0 Å². The third-order valence-electron chi connectivity index (χ3n) is 8.87. The van der Waals surface area contributed by atoms with Crippen LogP contribution < -0.4 is 9.47 Å². The molecule has 0 radical (unpaired) electrons. The Balaban J connectivity index is 1.21. The number of carbonyl (C=O) groups excluding carboxylic acids is 1. The molecule has 0 saturated carbocycles. The van der Waals surface area contributed by atoms with E-state index in [1.807, 2.05) is 25.7 Å². The number of aryl methyl sites for hydroxylation is 1. The Kier molecular flexibility index (Phi) is 10.3. The molecule has 1 heterocycles. The standard InChI is InChI=1S/C38H49NO4/c1-5-6-25-41-33-17-19-35-31(27-33)14-18-34(29-10-8-7-9-11-29)36(35)30-12-15-32(16-13-30)42-26-22-28-20-23-39(24-21-28)37(40)43-38(2,3)4/h7-13,15-17,19,27-28,34,36H,5-6,14,18,20-26H2,1-4H3/t34-,36+/m1/s1. The minimum Gasteiger partial charge on any atom is -0.494 e. The predicted octanol–water partition coefficient (Wildman–Crippen LogP) is 9.14. The second kappa shape index (κ2) is 14.3. The molecule has 1 aliphatic carbocycles. The maximum Gasteiger partial charge on any atom is 0.410 e. The van der Waals surface area contributed by atoms with Crippen LogP contribution in [0.2, 0.25) is 0 Å². The quantitative estimate of drug-likeness (QED) is 0.223. The van der Waals surface area contributed by atoms with E-state index in [1.165, 1.54) is 22.3 Å². The summed E-state index contributed by atoms with van der Waals surface area (Å²) >= 11 is 0. The Morgan fingerprint density at radius 1 is 0.837 bits per heavy atom. The number of benzene rings is 3. The van der Waals surface area contributed by atoms with Gasteiger partial charge in [0.25, 0.3) is 0 Å². The highest BCUT2D eigenvalue weighted by molar-refractivity contribution is 5.68. The maximum absolute atomic E-state index is 12.4. The third kappa shape index (κ3) is 8.34. The lowest BCUT2D eigenvalue weighted by Gasteiger charge is -2.35. The molecule has 0 unspecified atom stereocenters. The molecule has 0 spiro atoms. The van der Waals surface area contributed by atoms with E-state index in [0.717, 1.165) is 76.1 Å². The molecular formula is C38H49NO4. The summed E-state index contributed by atoms with van der Waals surface area (Å²) in [6, 6.07) is 26.5. The largest absolute Gasteiger partial charge is 0.494 e. The molecule has 1 aliphatic heterocycles. The Bertz CT molecular complexity index is 1310. The maximum atomic E-state index is 12.4. The Hall–Kier alpha value is -3.47. The van der Waals surface area contributed by atoms with Gasteiger partial charge in [-0.25, -0.2) is 4.79 Å². The molecule has 3 aromatic carbocycles. The highest BCUT2D eigenvalue weighted by Gasteiger charge is 2.32. The number of rotatable bonds is 10. The van der Waals surface area contributed by atoms with Crippen LogP contribution in [0.5, 0.6) is 11.5 Å². The Labute approximate surface area is 258 Å². The van der Waals surface area contributed by atoms with Gasteiger partial charge in [-0.1, -0.05) is 61.9 Å². The summed E-state index contributed by atoms with van der Waals surface area (Å²) < 4.78 is 17.8. The first-order valence-corrected chi connectivity index (χ1v) is 16.3. The van der Waals surface area contributed by atoms with Crippen molar-refractivity contribution in [2.45, 2.75) is 90.1 Å². The van der Waals surface area contributed by atoms with E-state index in [1.54, 1.807) is 0 Å². The summed E-state index contributed by atoms with van der Waals surface area (Å²) in [6.07, 6.45) is 7.19. The van der Waals surface area contributed by atoms with Gasteiger partial charge in [0.15, 0.2) is 0 Å². The number of unbranched alkanes of at least 4 members (excludes halogenated alkanes) is 1. The molecule has 1 amide bonds. The Morgan fingerprint density at radius 3 is 2.23 bits per heavy atom. The summed E-state index contributed by atoms with van der Waals surface area (Å²) in [6.45, 7) is 10.9. The van der Waals surface area contributed by atoms with Gasteiger partial charge in [-0.3, -0.25) is 0 Å². The van der Waals surface area contributed by atoms with Crippen molar-refractivity contribution < 1.29 is 19.0 Å². The molecule has 230 valence electrons. The minimum atomic E-state index is -0.452. The topological polar surface area (TPSA) is 48.0 Å².